The molecule has 1 aromatic carbocycles. The number of hydrogen-bond donors (Lipinski definition) is 4. The molecule has 0 spiro atoms. The first-order valence-corrected chi connectivity index (χ1v) is 4.86. The van der Waals surface area contributed by atoms with Crippen LogP contribution in [0.3, 0.4) is 0 Å². The lowest BCUT2D eigenvalue weighted by Crippen LogP contribution is -2.19. The summed E-state index contributed by atoms with van der Waals surface area (Å²) in [5.41, 5.74) is 0.540. The molecular formula is C11H14O5. The van der Waals surface area contributed by atoms with Gasteiger partial charge in [-0.1, -0.05) is 12.1 Å². The van der Waals surface area contributed by atoms with Gasteiger partial charge in [0.15, 0.2) is 0 Å². The molecule has 0 saturated heterocycles. The van der Waals surface area contributed by atoms with E-state index in [1.54, 1.807) is 0 Å². The summed E-state index contributed by atoms with van der Waals surface area (Å²) in [6.07, 6.45) is -2.10. The number of hydrogen-bond acceptors (Lipinski definition) is 4. The normalized spacial score (nSPS) is 14.4. The predicted molar refractivity (Wildman–Crippen MR) is 56.1 cm³/mol. The van der Waals surface area contributed by atoms with Crippen LogP contribution in [-0.4, -0.2) is 39.1 Å². The van der Waals surface area contributed by atoms with Gasteiger partial charge in [-0.2, -0.15) is 0 Å². The SMILES string of the molecule is O=C(O)c1ccc(C(O)C(O)CCO)cc1. The molecule has 0 amide bonds. The number of aliphatic hydroxyl groups excluding tert-OH is 3. The topological polar surface area (TPSA) is 98.0 Å². The van der Waals surface area contributed by atoms with Crippen LogP contribution in [0.25, 0.3) is 0 Å². The first kappa shape index (κ1) is 12.6. The van der Waals surface area contributed by atoms with Crippen LogP contribution >= 0.6 is 0 Å². The number of aliphatic hydroxyl groups is 3. The third-order valence-electron chi connectivity index (χ3n) is 2.29. The lowest BCUT2D eigenvalue weighted by Gasteiger charge is -2.17. The van der Waals surface area contributed by atoms with Gasteiger partial charge < -0.3 is 20.4 Å². The monoisotopic (exact) mass is 226 g/mol. The number of carboxylic acids is 1. The second kappa shape index (κ2) is 5.60. The highest BCUT2D eigenvalue weighted by Crippen LogP contribution is 2.19. The first-order chi connectivity index (χ1) is 7.56. The molecule has 4 N–H and O–H groups in total. The number of aromatic carboxylic acids is 1. The van der Waals surface area contributed by atoms with Crippen LogP contribution in [0.15, 0.2) is 24.3 Å². The largest absolute Gasteiger partial charge is 0.478 e. The van der Waals surface area contributed by atoms with Crippen molar-refractivity contribution in [2.24, 2.45) is 0 Å². The maximum atomic E-state index is 10.6. The molecule has 0 fully saturated rings. The highest BCUT2D eigenvalue weighted by atomic mass is 16.4. The van der Waals surface area contributed by atoms with E-state index < -0.39 is 18.2 Å². The lowest BCUT2D eigenvalue weighted by atomic mass is 10.0. The Balaban J connectivity index is 2.77. The van der Waals surface area contributed by atoms with Crippen molar-refractivity contribution in [3.63, 3.8) is 0 Å². The fraction of sp³-hybridized carbons (Fsp3) is 0.364. The van der Waals surface area contributed by atoms with Gasteiger partial charge in [0.1, 0.15) is 6.10 Å². The maximum Gasteiger partial charge on any atom is 0.335 e. The Morgan fingerprint density at radius 3 is 2.19 bits per heavy atom. The van der Waals surface area contributed by atoms with Crippen LogP contribution < -0.4 is 0 Å². The van der Waals surface area contributed by atoms with Crippen molar-refractivity contribution >= 4 is 5.97 Å². The summed E-state index contributed by atoms with van der Waals surface area (Å²) < 4.78 is 0. The highest BCUT2D eigenvalue weighted by molar-refractivity contribution is 5.87. The van der Waals surface area contributed by atoms with E-state index in [-0.39, 0.29) is 18.6 Å². The van der Waals surface area contributed by atoms with Crippen molar-refractivity contribution in [2.75, 3.05) is 6.61 Å². The van der Waals surface area contributed by atoms with E-state index in [0.717, 1.165) is 0 Å². The van der Waals surface area contributed by atoms with Crippen molar-refractivity contribution in [1.82, 2.24) is 0 Å². The van der Waals surface area contributed by atoms with E-state index in [1.807, 2.05) is 0 Å². The molecule has 1 aromatic rings. The van der Waals surface area contributed by atoms with Crippen LogP contribution in [0, 0.1) is 0 Å². The second-order valence-electron chi connectivity index (χ2n) is 3.45. The van der Waals surface area contributed by atoms with Crippen molar-refractivity contribution in [3.8, 4) is 0 Å². The van der Waals surface area contributed by atoms with Crippen LogP contribution in [0.1, 0.15) is 28.4 Å². The molecule has 0 heterocycles. The molecule has 5 heteroatoms. The van der Waals surface area contributed by atoms with Gasteiger partial charge in [0.2, 0.25) is 0 Å². The molecule has 0 radical (unpaired) electrons. The number of carbonyl (C=O) groups is 1. The summed E-state index contributed by atoms with van der Waals surface area (Å²) in [5.74, 6) is -1.04. The Bertz CT molecular complexity index is 346. The van der Waals surface area contributed by atoms with Crippen molar-refractivity contribution in [3.05, 3.63) is 35.4 Å². The number of benzene rings is 1. The van der Waals surface area contributed by atoms with Gasteiger partial charge in [-0.05, 0) is 24.1 Å². The Labute approximate surface area is 92.6 Å². The summed E-state index contributed by atoms with van der Waals surface area (Å²) >= 11 is 0. The molecular weight excluding hydrogens is 212 g/mol. The summed E-state index contributed by atoms with van der Waals surface area (Å²) in [6.45, 7) is -0.217. The van der Waals surface area contributed by atoms with E-state index in [4.69, 9.17) is 10.2 Å². The van der Waals surface area contributed by atoms with Gasteiger partial charge in [-0.25, -0.2) is 4.79 Å². The van der Waals surface area contributed by atoms with Gasteiger partial charge in [0.25, 0.3) is 0 Å². The van der Waals surface area contributed by atoms with Crippen molar-refractivity contribution in [2.45, 2.75) is 18.6 Å². The van der Waals surface area contributed by atoms with E-state index in [9.17, 15) is 15.0 Å². The predicted octanol–water partition coefficient (Wildman–Crippen LogP) is 0.162. The third kappa shape index (κ3) is 3.03. The quantitative estimate of drug-likeness (QED) is 0.573. The molecule has 0 aliphatic heterocycles. The fourth-order valence-electron chi connectivity index (χ4n) is 1.34. The molecule has 0 aliphatic carbocycles. The van der Waals surface area contributed by atoms with Crippen LogP contribution in [0.5, 0.6) is 0 Å². The fourth-order valence-corrected chi connectivity index (χ4v) is 1.34. The lowest BCUT2D eigenvalue weighted by molar-refractivity contribution is 0.00421. The van der Waals surface area contributed by atoms with Gasteiger partial charge in [-0.15, -0.1) is 0 Å². The molecule has 0 bridgehead atoms. The van der Waals surface area contributed by atoms with E-state index in [1.165, 1.54) is 24.3 Å². The minimum atomic E-state index is -1.12. The van der Waals surface area contributed by atoms with Gasteiger partial charge >= 0.3 is 5.97 Å². The molecule has 1 rings (SSSR count). The summed E-state index contributed by atoms with van der Waals surface area (Å²) in [4.78, 5) is 10.6. The molecule has 5 nitrogen and oxygen atoms in total. The zero-order valence-electron chi connectivity index (χ0n) is 8.58. The van der Waals surface area contributed by atoms with E-state index in [0.29, 0.717) is 5.56 Å². The van der Waals surface area contributed by atoms with Crippen LogP contribution in [0.2, 0.25) is 0 Å². The van der Waals surface area contributed by atoms with Crippen molar-refractivity contribution < 1.29 is 25.2 Å². The molecule has 0 aliphatic rings. The van der Waals surface area contributed by atoms with E-state index in [2.05, 4.69) is 0 Å². The van der Waals surface area contributed by atoms with E-state index >= 15 is 0 Å². The average Bonchev–Trinajstić information content (AvgIpc) is 2.28. The molecule has 0 aromatic heterocycles. The molecule has 88 valence electrons. The van der Waals surface area contributed by atoms with Crippen molar-refractivity contribution in [1.29, 1.82) is 0 Å². The smallest absolute Gasteiger partial charge is 0.335 e. The van der Waals surface area contributed by atoms with Crippen LogP contribution in [-0.2, 0) is 0 Å². The molecule has 16 heavy (non-hydrogen) atoms. The highest BCUT2D eigenvalue weighted by Gasteiger charge is 2.17. The Morgan fingerprint density at radius 1 is 1.19 bits per heavy atom. The van der Waals surface area contributed by atoms with Gasteiger partial charge in [0.05, 0.1) is 11.7 Å². The van der Waals surface area contributed by atoms with Crippen LogP contribution in [0.4, 0.5) is 0 Å². The summed E-state index contributed by atoms with van der Waals surface area (Å²) in [5, 5.41) is 36.3. The Kier molecular flexibility index (Phi) is 4.42. The maximum absolute atomic E-state index is 10.6. The van der Waals surface area contributed by atoms with Gasteiger partial charge in [-0.3, -0.25) is 0 Å². The first-order valence-electron chi connectivity index (χ1n) is 4.86. The van der Waals surface area contributed by atoms with Gasteiger partial charge in [0, 0.05) is 6.61 Å². The summed E-state index contributed by atoms with van der Waals surface area (Å²) in [6, 6.07) is 5.59. The molecule has 2 atom stereocenters. The number of rotatable bonds is 5. The summed E-state index contributed by atoms with van der Waals surface area (Å²) in [7, 11) is 0. The zero-order valence-corrected chi connectivity index (χ0v) is 8.58. The Hall–Kier alpha value is -1.43. The standard InChI is InChI=1S/C11H14O5/c12-6-5-9(13)10(14)7-1-3-8(4-2-7)11(15)16/h1-4,9-10,12-14H,5-6H2,(H,15,16). The zero-order chi connectivity index (χ0) is 12.1. The third-order valence-corrected chi connectivity index (χ3v) is 2.29. The molecule has 0 saturated carbocycles. The Morgan fingerprint density at radius 2 is 1.75 bits per heavy atom. The second-order valence-corrected chi connectivity index (χ2v) is 3.45. The minimum absolute atomic E-state index is 0.0713. The molecule has 2 unspecified atom stereocenters. The number of carboxylic acid groups (broad SMARTS) is 1. The average molecular weight is 226 g/mol. The minimum Gasteiger partial charge on any atom is -0.478 e.